The number of benzene rings is 2. The Labute approximate surface area is 203 Å². The number of nitro benzene ring substituents is 1. The molecule has 0 aromatic heterocycles. The zero-order chi connectivity index (χ0) is 25.1. The van der Waals surface area contributed by atoms with Gasteiger partial charge in [-0.15, -0.1) is 0 Å². The fraction of sp³-hybridized carbons (Fsp3) is 0.400. The van der Waals surface area contributed by atoms with Gasteiger partial charge in [0.1, 0.15) is 11.4 Å². The summed E-state index contributed by atoms with van der Waals surface area (Å²) in [6, 6.07) is 11.9. The largest absolute Gasteiger partial charge is 0.496 e. The van der Waals surface area contributed by atoms with Crippen LogP contribution < -0.4 is 15.0 Å². The standard InChI is InChI=1S/C25H28N4O6/c1-16-3-5-19(6-4-16)28-15-18(13-23(28)30)25(32)27-11-9-17(10-12-27)24(31)26-21-8-7-20(35-2)14-22(21)29(33)34/h3-8,14,17-18H,9-13,15H2,1-2H3,(H,26,31). The molecule has 0 aliphatic carbocycles. The van der Waals surface area contributed by atoms with Crippen molar-refractivity contribution < 1.29 is 24.0 Å². The molecule has 0 bridgehead atoms. The summed E-state index contributed by atoms with van der Waals surface area (Å²) in [5.41, 5.74) is 1.76. The maximum absolute atomic E-state index is 13.1. The van der Waals surface area contributed by atoms with Crippen molar-refractivity contribution in [2.24, 2.45) is 11.8 Å². The van der Waals surface area contributed by atoms with Crippen LogP contribution in [0.1, 0.15) is 24.8 Å². The second kappa shape index (κ2) is 10.1. The van der Waals surface area contributed by atoms with Crippen molar-refractivity contribution in [1.82, 2.24) is 4.90 Å². The van der Waals surface area contributed by atoms with E-state index in [0.29, 0.717) is 38.2 Å². The van der Waals surface area contributed by atoms with E-state index in [2.05, 4.69) is 5.32 Å². The number of hydrogen-bond donors (Lipinski definition) is 1. The molecule has 10 nitrogen and oxygen atoms in total. The number of anilines is 2. The van der Waals surface area contributed by atoms with Gasteiger partial charge in [0, 0.05) is 37.7 Å². The molecule has 4 rings (SSSR count). The minimum atomic E-state index is -0.567. The Kier molecular flexibility index (Phi) is 6.99. The van der Waals surface area contributed by atoms with Crippen LogP contribution in [0.15, 0.2) is 42.5 Å². The van der Waals surface area contributed by atoms with Crippen LogP contribution in [0.2, 0.25) is 0 Å². The predicted molar refractivity (Wildman–Crippen MR) is 129 cm³/mol. The van der Waals surface area contributed by atoms with E-state index in [9.17, 15) is 24.5 Å². The minimum absolute atomic E-state index is 0.0671. The quantitative estimate of drug-likeness (QED) is 0.501. The van der Waals surface area contributed by atoms with E-state index in [-0.39, 0.29) is 41.4 Å². The Morgan fingerprint density at radius 3 is 2.40 bits per heavy atom. The SMILES string of the molecule is COc1ccc(NC(=O)C2CCN(C(=O)C3CC(=O)N(c4ccc(C)cc4)C3)CC2)c([N+](=O)[O-])c1. The van der Waals surface area contributed by atoms with Crippen molar-refractivity contribution in [3.05, 3.63) is 58.1 Å². The van der Waals surface area contributed by atoms with Crippen molar-refractivity contribution in [2.45, 2.75) is 26.2 Å². The summed E-state index contributed by atoms with van der Waals surface area (Å²) in [4.78, 5) is 52.6. The number of likely N-dealkylation sites (tertiary alicyclic amines) is 1. The zero-order valence-corrected chi connectivity index (χ0v) is 19.7. The Bertz CT molecular complexity index is 1140. The van der Waals surface area contributed by atoms with E-state index in [1.807, 2.05) is 31.2 Å². The molecule has 1 unspecified atom stereocenters. The molecular weight excluding hydrogens is 452 g/mol. The van der Waals surface area contributed by atoms with Crippen LogP contribution in [-0.2, 0) is 14.4 Å². The smallest absolute Gasteiger partial charge is 0.296 e. The number of carbonyl (C=O) groups is 3. The molecule has 3 amide bonds. The van der Waals surface area contributed by atoms with Crippen LogP contribution >= 0.6 is 0 Å². The summed E-state index contributed by atoms with van der Waals surface area (Å²) < 4.78 is 5.02. The molecule has 2 aromatic rings. The van der Waals surface area contributed by atoms with Crippen molar-refractivity contribution in [3.8, 4) is 5.75 Å². The molecule has 35 heavy (non-hydrogen) atoms. The normalized spacial score (nSPS) is 18.5. The van der Waals surface area contributed by atoms with Gasteiger partial charge in [-0.05, 0) is 44.0 Å². The lowest BCUT2D eigenvalue weighted by atomic mass is 9.94. The topological polar surface area (TPSA) is 122 Å². The summed E-state index contributed by atoms with van der Waals surface area (Å²) in [7, 11) is 1.41. The van der Waals surface area contributed by atoms with Gasteiger partial charge in [0.25, 0.3) is 5.69 Å². The Morgan fingerprint density at radius 2 is 1.77 bits per heavy atom. The van der Waals surface area contributed by atoms with Crippen LogP contribution in [0.25, 0.3) is 0 Å². The summed E-state index contributed by atoms with van der Waals surface area (Å²) in [5, 5.41) is 14.0. The van der Waals surface area contributed by atoms with Gasteiger partial charge in [0.05, 0.1) is 24.0 Å². The first-order valence-electron chi connectivity index (χ1n) is 11.6. The van der Waals surface area contributed by atoms with Crippen LogP contribution in [0.3, 0.4) is 0 Å². The number of nitro groups is 1. The molecule has 2 heterocycles. The lowest BCUT2D eigenvalue weighted by molar-refractivity contribution is -0.384. The lowest BCUT2D eigenvalue weighted by Gasteiger charge is -2.32. The number of amides is 3. The average Bonchev–Trinajstić information content (AvgIpc) is 3.25. The lowest BCUT2D eigenvalue weighted by Crippen LogP contribution is -2.44. The van der Waals surface area contributed by atoms with Gasteiger partial charge in [-0.3, -0.25) is 24.5 Å². The molecule has 0 radical (unpaired) electrons. The Balaban J connectivity index is 1.33. The van der Waals surface area contributed by atoms with Crippen molar-refractivity contribution in [1.29, 1.82) is 0 Å². The van der Waals surface area contributed by atoms with Gasteiger partial charge in [-0.2, -0.15) is 0 Å². The molecule has 0 spiro atoms. The summed E-state index contributed by atoms with van der Waals surface area (Å²) >= 11 is 0. The number of nitrogens with zero attached hydrogens (tertiary/aromatic N) is 3. The summed E-state index contributed by atoms with van der Waals surface area (Å²) in [6.45, 7) is 3.13. The van der Waals surface area contributed by atoms with Crippen molar-refractivity contribution >= 4 is 34.8 Å². The number of piperidine rings is 1. The maximum atomic E-state index is 13.1. The number of rotatable bonds is 6. The van der Waals surface area contributed by atoms with Gasteiger partial charge in [-0.25, -0.2) is 0 Å². The highest BCUT2D eigenvalue weighted by Crippen LogP contribution is 2.31. The monoisotopic (exact) mass is 480 g/mol. The Hall–Kier alpha value is -3.95. The third-order valence-corrected chi connectivity index (χ3v) is 6.66. The number of aryl methyl sites for hydroxylation is 1. The first-order valence-corrected chi connectivity index (χ1v) is 11.6. The van der Waals surface area contributed by atoms with Crippen molar-refractivity contribution in [3.63, 3.8) is 0 Å². The third kappa shape index (κ3) is 5.26. The highest BCUT2D eigenvalue weighted by atomic mass is 16.6. The fourth-order valence-corrected chi connectivity index (χ4v) is 4.60. The van der Waals surface area contributed by atoms with E-state index in [0.717, 1.165) is 11.3 Å². The van der Waals surface area contributed by atoms with Crippen LogP contribution in [0.5, 0.6) is 5.75 Å². The third-order valence-electron chi connectivity index (χ3n) is 6.66. The molecule has 0 saturated carbocycles. The molecule has 2 fully saturated rings. The molecule has 2 saturated heterocycles. The van der Waals surface area contributed by atoms with Gasteiger partial charge < -0.3 is 19.9 Å². The summed E-state index contributed by atoms with van der Waals surface area (Å²) in [6.07, 6.45) is 1.07. The number of methoxy groups -OCH3 is 1. The number of carbonyl (C=O) groups excluding carboxylic acids is 3. The van der Waals surface area contributed by atoms with E-state index in [4.69, 9.17) is 4.74 Å². The molecule has 1 N–H and O–H groups in total. The molecular formula is C25H28N4O6. The molecule has 2 aliphatic rings. The highest BCUT2D eigenvalue weighted by molar-refractivity contribution is 6.00. The molecule has 10 heteroatoms. The van der Waals surface area contributed by atoms with Gasteiger partial charge >= 0.3 is 0 Å². The van der Waals surface area contributed by atoms with Gasteiger partial charge in [0.15, 0.2) is 0 Å². The number of ether oxygens (including phenoxy) is 1. The molecule has 2 aliphatic heterocycles. The minimum Gasteiger partial charge on any atom is -0.496 e. The summed E-state index contributed by atoms with van der Waals surface area (Å²) in [5.74, 6) is -0.897. The van der Waals surface area contributed by atoms with Crippen molar-refractivity contribution in [2.75, 3.05) is 37.0 Å². The van der Waals surface area contributed by atoms with Crippen LogP contribution in [0, 0.1) is 28.9 Å². The predicted octanol–water partition coefficient (Wildman–Crippen LogP) is 3.14. The number of nitrogens with one attached hydrogen (secondary N) is 1. The maximum Gasteiger partial charge on any atom is 0.296 e. The average molecular weight is 481 g/mol. The van der Waals surface area contributed by atoms with Crippen LogP contribution in [0.4, 0.5) is 17.1 Å². The van der Waals surface area contributed by atoms with E-state index in [1.165, 1.54) is 19.2 Å². The molecule has 1 atom stereocenters. The number of hydrogen-bond acceptors (Lipinski definition) is 6. The first-order chi connectivity index (χ1) is 16.8. The zero-order valence-electron chi connectivity index (χ0n) is 19.7. The van der Waals surface area contributed by atoms with Gasteiger partial charge in [-0.1, -0.05) is 17.7 Å². The highest BCUT2D eigenvalue weighted by Gasteiger charge is 2.38. The van der Waals surface area contributed by atoms with Gasteiger partial charge in [0.2, 0.25) is 17.7 Å². The first kappa shape index (κ1) is 24.2. The fourth-order valence-electron chi connectivity index (χ4n) is 4.60. The molecule has 2 aromatic carbocycles. The van der Waals surface area contributed by atoms with E-state index in [1.54, 1.807) is 15.9 Å². The second-order valence-corrected chi connectivity index (χ2v) is 8.97. The van der Waals surface area contributed by atoms with E-state index >= 15 is 0 Å². The second-order valence-electron chi connectivity index (χ2n) is 8.97. The van der Waals surface area contributed by atoms with E-state index < -0.39 is 10.8 Å². The Morgan fingerprint density at radius 1 is 1.09 bits per heavy atom. The van der Waals surface area contributed by atoms with Crippen LogP contribution in [-0.4, -0.2) is 54.3 Å². The molecule has 184 valence electrons.